The lowest BCUT2D eigenvalue weighted by Crippen LogP contribution is -2.42. The largest absolute Gasteiger partial charge is 0.493 e. The van der Waals surface area contributed by atoms with Gasteiger partial charge < -0.3 is 29.2 Å². The number of benzene rings is 4. The van der Waals surface area contributed by atoms with Crippen LogP contribution in [0.2, 0.25) is 0 Å². The van der Waals surface area contributed by atoms with Crippen molar-refractivity contribution < 1.29 is 24.1 Å². The highest BCUT2D eigenvalue weighted by Crippen LogP contribution is 2.33. The summed E-state index contributed by atoms with van der Waals surface area (Å²) in [6.45, 7) is 0.501. The zero-order chi connectivity index (χ0) is 27.9. The second kappa shape index (κ2) is 12.8. The van der Waals surface area contributed by atoms with Crippen LogP contribution in [0.25, 0.3) is 21.8 Å². The van der Waals surface area contributed by atoms with Crippen molar-refractivity contribution in [2.45, 2.75) is 12.0 Å². The maximum absolute atomic E-state index is 13.6. The number of aliphatic hydroxyl groups excluding tert-OH is 1. The van der Waals surface area contributed by atoms with Crippen LogP contribution in [0.1, 0.15) is 15.9 Å². The fourth-order valence-corrected chi connectivity index (χ4v) is 5.01. The van der Waals surface area contributed by atoms with Gasteiger partial charge in [-0.3, -0.25) is 4.79 Å². The van der Waals surface area contributed by atoms with Crippen molar-refractivity contribution in [1.82, 2.24) is 9.88 Å². The Bertz CT molecular complexity index is 1600. The fourth-order valence-electron chi connectivity index (χ4n) is 4.78. The molecule has 0 aliphatic heterocycles. The monoisotopic (exact) mass is 558 g/mol. The predicted molar refractivity (Wildman–Crippen MR) is 158 cm³/mol. The van der Waals surface area contributed by atoms with Gasteiger partial charge in [-0.25, -0.2) is 0 Å². The number of rotatable bonds is 12. The molecule has 5 rings (SSSR count). The zero-order valence-corrected chi connectivity index (χ0v) is 22.9. The molecule has 1 atom stereocenters. The minimum Gasteiger partial charge on any atom is -0.493 e. The summed E-state index contributed by atoms with van der Waals surface area (Å²) >= 11 is 6.12. The van der Waals surface area contributed by atoms with Crippen LogP contribution < -0.4 is 14.2 Å². The van der Waals surface area contributed by atoms with Gasteiger partial charge in [-0.2, -0.15) is 0 Å². The third kappa shape index (κ3) is 6.01. The number of hydrogen-bond acceptors (Lipinski definition) is 5. The van der Waals surface area contributed by atoms with E-state index in [4.69, 9.17) is 25.8 Å². The van der Waals surface area contributed by atoms with Crippen LogP contribution in [0.4, 0.5) is 0 Å². The van der Waals surface area contributed by atoms with Crippen LogP contribution >= 0.6 is 11.6 Å². The van der Waals surface area contributed by atoms with Crippen LogP contribution in [0, 0.1) is 0 Å². The number of aliphatic hydroxyl groups is 1. The molecule has 40 heavy (non-hydrogen) atoms. The van der Waals surface area contributed by atoms with Gasteiger partial charge in [-0.15, -0.1) is 11.6 Å². The van der Waals surface area contributed by atoms with Gasteiger partial charge in [-0.05, 0) is 42.0 Å². The molecule has 7 nitrogen and oxygen atoms in total. The summed E-state index contributed by atoms with van der Waals surface area (Å²) < 4.78 is 17.4. The lowest BCUT2D eigenvalue weighted by molar-refractivity contribution is 0.0469. The minimum atomic E-state index is -0.946. The van der Waals surface area contributed by atoms with Gasteiger partial charge in [-0.1, -0.05) is 54.6 Å². The number of H-pyrrole nitrogens is 1. The molecule has 206 valence electrons. The first kappa shape index (κ1) is 27.4. The number of halogens is 1. The molecule has 0 saturated carbocycles. The molecule has 5 aromatic rings. The molecule has 0 saturated heterocycles. The van der Waals surface area contributed by atoms with Crippen molar-refractivity contribution in [2.24, 2.45) is 0 Å². The first-order chi connectivity index (χ1) is 19.6. The third-order valence-electron chi connectivity index (χ3n) is 6.72. The Morgan fingerprint density at radius 2 is 1.57 bits per heavy atom. The number of para-hydroxylation sites is 3. The van der Waals surface area contributed by atoms with Gasteiger partial charge in [0.1, 0.15) is 25.1 Å². The first-order valence-electron chi connectivity index (χ1n) is 13.1. The number of carbonyl (C=O) groups excluding carboxylic acids is 1. The van der Waals surface area contributed by atoms with E-state index in [1.165, 1.54) is 0 Å². The maximum Gasteiger partial charge on any atom is 0.254 e. The van der Waals surface area contributed by atoms with E-state index in [0.717, 1.165) is 27.4 Å². The number of aromatic amines is 1. The molecule has 1 heterocycles. The van der Waals surface area contributed by atoms with E-state index in [1.54, 1.807) is 24.1 Å². The lowest BCUT2D eigenvalue weighted by Gasteiger charge is -2.26. The van der Waals surface area contributed by atoms with Gasteiger partial charge in [0.25, 0.3) is 5.91 Å². The number of nitrogens with one attached hydrogen (secondary N) is 1. The van der Waals surface area contributed by atoms with Crippen molar-refractivity contribution in [3.8, 4) is 17.2 Å². The van der Waals surface area contributed by atoms with Crippen molar-refractivity contribution in [2.75, 3.05) is 33.4 Å². The Labute approximate surface area is 237 Å². The number of aromatic nitrogens is 1. The van der Waals surface area contributed by atoms with E-state index in [1.807, 2.05) is 78.9 Å². The number of ether oxygens (including phenoxy) is 3. The number of hydrogen-bond donors (Lipinski definition) is 2. The molecule has 0 bridgehead atoms. The average molecular weight is 559 g/mol. The molecule has 0 aliphatic rings. The van der Waals surface area contributed by atoms with E-state index < -0.39 is 6.10 Å². The van der Waals surface area contributed by atoms with Crippen LogP contribution in [0.15, 0.2) is 91.0 Å². The molecule has 1 unspecified atom stereocenters. The summed E-state index contributed by atoms with van der Waals surface area (Å²) in [5, 5.41) is 13.0. The summed E-state index contributed by atoms with van der Waals surface area (Å²) in [5.74, 6) is 1.81. The fraction of sp³-hybridized carbons (Fsp3) is 0.219. The normalized spacial score (nSPS) is 11.9. The second-order valence-electron chi connectivity index (χ2n) is 9.36. The van der Waals surface area contributed by atoms with Crippen LogP contribution in [0.3, 0.4) is 0 Å². The predicted octanol–water partition coefficient (Wildman–Crippen LogP) is 6.03. The zero-order valence-electron chi connectivity index (χ0n) is 22.2. The maximum atomic E-state index is 13.6. The Morgan fingerprint density at radius 1 is 0.875 bits per heavy atom. The van der Waals surface area contributed by atoms with Crippen molar-refractivity contribution in [3.63, 3.8) is 0 Å². The molecule has 1 amide bonds. The molecule has 4 aromatic carbocycles. The SMILES string of the molecule is COc1ccccc1OCCN(CC(O)COc1cccc2[nH]c3ccccc3c12)C(=O)c1ccccc1CCl. The van der Waals surface area contributed by atoms with Gasteiger partial charge in [0.2, 0.25) is 0 Å². The average Bonchev–Trinajstić information content (AvgIpc) is 3.38. The van der Waals surface area contributed by atoms with E-state index in [9.17, 15) is 9.90 Å². The molecular formula is C32H31ClN2O5. The highest BCUT2D eigenvalue weighted by molar-refractivity contribution is 6.17. The summed E-state index contributed by atoms with van der Waals surface area (Å²) in [7, 11) is 1.58. The van der Waals surface area contributed by atoms with Gasteiger partial charge in [0.15, 0.2) is 11.5 Å². The first-order valence-corrected chi connectivity index (χ1v) is 13.6. The molecule has 1 aromatic heterocycles. The summed E-state index contributed by atoms with van der Waals surface area (Å²) in [5.41, 5.74) is 3.18. The molecule has 0 spiro atoms. The topological polar surface area (TPSA) is 84.0 Å². The standard InChI is InChI=1S/C32H31ClN2O5/c1-38-28-14-6-7-15-29(28)39-18-17-35(32(37)24-10-3-2-9-22(24)19-33)20-23(36)21-40-30-16-8-13-27-31(30)25-11-4-5-12-26(25)34-27/h2-16,23,34,36H,17-21H2,1H3. The summed E-state index contributed by atoms with van der Waals surface area (Å²) in [4.78, 5) is 18.6. The number of fused-ring (bicyclic) bond motifs is 3. The third-order valence-corrected chi connectivity index (χ3v) is 7.01. The molecule has 8 heteroatoms. The van der Waals surface area contributed by atoms with Gasteiger partial charge in [0.05, 0.1) is 25.7 Å². The Kier molecular flexibility index (Phi) is 8.74. The minimum absolute atomic E-state index is 0.00686. The van der Waals surface area contributed by atoms with Crippen LogP contribution in [0.5, 0.6) is 17.2 Å². The number of nitrogens with zero attached hydrogens (tertiary/aromatic N) is 1. The van der Waals surface area contributed by atoms with E-state index in [0.29, 0.717) is 22.8 Å². The summed E-state index contributed by atoms with van der Waals surface area (Å²) in [6, 6.07) is 28.3. The highest BCUT2D eigenvalue weighted by Gasteiger charge is 2.22. The van der Waals surface area contributed by atoms with Crippen LogP contribution in [-0.4, -0.2) is 60.4 Å². The van der Waals surface area contributed by atoms with Crippen LogP contribution in [-0.2, 0) is 5.88 Å². The van der Waals surface area contributed by atoms with E-state index in [2.05, 4.69) is 4.98 Å². The number of methoxy groups -OCH3 is 1. The van der Waals surface area contributed by atoms with Crippen molar-refractivity contribution in [3.05, 3.63) is 102 Å². The van der Waals surface area contributed by atoms with Crippen molar-refractivity contribution in [1.29, 1.82) is 0 Å². The quantitative estimate of drug-likeness (QED) is 0.183. The van der Waals surface area contributed by atoms with E-state index >= 15 is 0 Å². The molecular weight excluding hydrogens is 528 g/mol. The Morgan fingerprint density at radius 3 is 2.40 bits per heavy atom. The smallest absolute Gasteiger partial charge is 0.254 e. The molecule has 0 fully saturated rings. The Hall–Kier alpha value is -4.20. The van der Waals surface area contributed by atoms with Crippen molar-refractivity contribution >= 4 is 39.3 Å². The molecule has 2 N–H and O–H groups in total. The van der Waals surface area contributed by atoms with Gasteiger partial charge >= 0.3 is 0 Å². The lowest BCUT2D eigenvalue weighted by atomic mass is 10.1. The van der Waals surface area contributed by atoms with Gasteiger partial charge in [0, 0.05) is 27.7 Å². The number of alkyl halides is 1. The number of amides is 1. The Balaban J connectivity index is 1.31. The molecule has 0 aliphatic carbocycles. The second-order valence-corrected chi connectivity index (χ2v) is 9.62. The van der Waals surface area contributed by atoms with E-state index in [-0.39, 0.29) is 38.1 Å². The summed E-state index contributed by atoms with van der Waals surface area (Å²) in [6.07, 6.45) is -0.946. The molecule has 0 radical (unpaired) electrons. The highest BCUT2D eigenvalue weighted by atomic mass is 35.5. The number of carbonyl (C=O) groups is 1.